The van der Waals surface area contributed by atoms with Crippen LogP contribution in [0, 0.1) is 11.7 Å². The van der Waals surface area contributed by atoms with Crippen LogP contribution in [0.1, 0.15) is 32.8 Å². The minimum Gasteiger partial charge on any atom is -0.443 e. The Hall–Kier alpha value is -3.50. The predicted molar refractivity (Wildman–Crippen MR) is 151 cm³/mol. The number of carbonyl (C=O) groups is 2. The standard InChI is InChI=1S/C28H37FN4O9S/c1-28(2,3)42-27(36)32-33(43(37,38)18-9-10-20(29)21(30)14-18)15-23(34)22(13-17-7-5-4-6-8-17)31-26(35)41-24-16-40-25-19(24)11-12-39-25/h4-10,14,19,22-25,34H,11-13,15-16,30H2,1-3H3,(H,31,35)(H,32,36)/t19?,22-,23+,24?,25+/m0/s1. The van der Waals surface area contributed by atoms with Gasteiger partial charge in [0.25, 0.3) is 10.0 Å². The second-order valence-electron chi connectivity index (χ2n) is 11.3. The van der Waals surface area contributed by atoms with E-state index in [9.17, 15) is 27.5 Å². The minimum atomic E-state index is -4.61. The Morgan fingerprint density at radius 3 is 2.56 bits per heavy atom. The minimum absolute atomic E-state index is 0.0806. The Morgan fingerprint density at radius 1 is 1.16 bits per heavy atom. The summed E-state index contributed by atoms with van der Waals surface area (Å²) >= 11 is 0. The summed E-state index contributed by atoms with van der Waals surface area (Å²) in [6.45, 7) is 4.66. The fourth-order valence-corrected chi connectivity index (χ4v) is 6.05. The Kier molecular flexibility index (Phi) is 10.1. The Balaban J connectivity index is 1.57. The average molecular weight is 625 g/mol. The van der Waals surface area contributed by atoms with Crippen molar-refractivity contribution in [2.24, 2.45) is 5.92 Å². The van der Waals surface area contributed by atoms with E-state index in [0.29, 0.717) is 17.4 Å². The molecule has 2 heterocycles. The molecule has 2 aliphatic heterocycles. The van der Waals surface area contributed by atoms with E-state index in [4.69, 9.17) is 24.7 Å². The number of nitrogen functional groups attached to an aromatic ring is 1. The molecule has 0 bridgehead atoms. The molecule has 43 heavy (non-hydrogen) atoms. The van der Waals surface area contributed by atoms with Gasteiger partial charge in [-0.1, -0.05) is 30.3 Å². The molecular formula is C28H37FN4O9S. The van der Waals surface area contributed by atoms with E-state index in [-0.39, 0.29) is 18.9 Å². The number of sulfonamides is 1. The number of alkyl carbamates (subject to hydrolysis) is 1. The van der Waals surface area contributed by atoms with Gasteiger partial charge < -0.3 is 35.1 Å². The number of hydrogen-bond donors (Lipinski definition) is 4. The number of hydrazine groups is 1. The first-order valence-electron chi connectivity index (χ1n) is 13.7. The molecule has 2 aromatic rings. The summed E-state index contributed by atoms with van der Waals surface area (Å²) < 4.78 is 63.3. The van der Waals surface area contributed by atoms with Crippen molar-refractivity contribution in [2.45, 2.75) is 68.6 Å². The summed E-state index contributed by atoms with van der Waals surface area (Å²) in [5, 5.41) is 14.0. The van der Waals surface area contributed by atoms with Crippen molar-refractivity contribution in [3.05, 3.63) is 59.9 Å². The van der Waals surface area contributed by atoms with Gasteiger partial charge in [-0.05, 0) is 57.4 Å². The van der Waals surface area contributed by atoms with Crippen LogP contribution in [0.5, 0.6) is 0 Å². The summed E-state index contributed by atoms with van der Waals surface area (Å²) in [4.78, 5) is 25.2. The third kappa shape index (κ3) is 8.54. The largest absolute Gasteiger partial charge is 0.443 e. The molecule has 13 nitrogen and oxygen atoms in total. The molecule has 2 amide bonds. The predicted octanol–water partition coefficient (Wildman–Crippen LogP) is 2.30. The molecule has 5 N–H and O–H groups in total. The Morgan fingerprint density at radius 2 is 1.88 bits per heavy atom. The molecule has 5 atom stereocenters. The van der Waals surface area contributed by atoms with E-state index >= 15 is 0 Å². The number of nitrogens with one attached hydrogen (secondary N) is 2. The van der Waals surface area contributed by atoms with Gasteiger partial charge in [0.1, 0.15) is 17.5 Å². The molecule has 0 aliphatic carbocycles. The van der Waals surface area contributed by atoms with Crippen LogP contribution in [0.15, 0.2) is 53.4 Å². The molecule has 2 unspecified atom stereocenters. The summed E-state index contributed by atoms with van der Waals surface area (Å²) in [7, 11) is -4.61. The SMILES string of the molecule is CC(C)(C)OC(=O)NN(C[C@@H](O)[C@H](Cc1ccccc1)NC(=O)OC1CO[C@H]2OCCC12)S(=O)(=O)c1ccc(F)c(N)c1. The van der Waals surface area contributed by atoms with Crippen molar-refractivity contribution < 1.29 is 46.5 Å². The van der Waals surface area contributed by atoms with E-state index in [0.717, 1.165) is 23.8 Å². The van der Waals surface area contributed by atoms with Crippen molar-refractivity contribution in [1.29, 1.82) is 0 Å². The maximum absolute atomic E-state index is 13.8. The number of halogens is 1. The quantitative estimate of drug-likeness (QED) is 0.226. The highest BCUT2D eigenvalue weighted by Crippen LogP contribution is 2.33. The van der Waals surface area contributed by atoms with Gasteiger partial charge in [-0.25, -0.2) is 27.8 Å². The van der Waals surface area contributed by atoms with Gasteiger partial charge in [-0.15, -0.1) is 4.41 Å². The molecule has 15 heteroatoms. The summed E-state index contributed by atoms with van der Waals surface area (Å²) in [5.41, 5.74) is 7.05. The first-order valence-corrected chi connectivity index (χ1v) is 15.2. The number of amides is 2. The number of carbonyl (C=O) groups excluding carboxylic acids is 2. The van der Waals surface area contributed by atoms with Crippen LogP contribution >= 0.6 is 0 Å². The van der Waals surface area contributed by atoms with Crippen LogP contribution in [0.25, 0.3) is 0 Å². The van der Waals surface area contributed by atoms with E-state index in [1.54, 1.807) is 51.1 Å². The number of hydrogen-bond acceptors (Lipinski definition) is 10. The Bertz CT molecular complexity index is 1390. The zero-order valence-corrected chi connectivity index (χ0v) is 24.9. The molecule has 0 radical (unpaired) electrons. The average Bonchev–Trinajstić information content (AvgIpc) is 3.54. The first kappa shape index (κ1) is 32.4. The monoisotopic (exact) mass is 624 g/mol. The molecule has 236 valence electrons. The third-order valence-corrected chi connectivity index (χ3v) is 8.50. The summed E-state index contributed by atoms with van der Waals surface area (Å²) in [6.07, 6.45) is -3.81. The van der Waals surface area contributed by atoms with Crippen LogP contribution < -0.4 is 16.5 Å². The molecule has 0 saturated carbocycles. The summed E-state index contributed by atoms with van der Waals surface area (Å²) in [5.74, 6) is -0.954. The van der Waals surface area contributed by atoms with E-state index in [1.807, 2.05) is 0 Å². The molecule has 4 rings (SSSR count). The maximum atomic E-state index is 13.8. The van der Waals surface area contributed by atoms with Gasteiger partial charge in [-0.2, -0.15) is 0 Å². The molecule has 2 aromatic carbocycles. The maximum Gasteiger partial charge on any atom is 0.423 e. The lowest BCUT2D eigenvalue weighted by Gasteiger charge is -2.30. The third-order valence-electron chi connectivity index (χ3n) is 6.83. The lowest BCUT2D eigenvalue weighted by molar-refractivity contribution is -0.0907. The van der Waals surface area contributed by atoms with E-state index in [1.165, 1.54) is 0 Å². The smallest absolute Gasteiger partial charge is 0.423 e. The normalized spacial score (nSPS) is 21.6. The van der Waals surface area contributed by atoms with Crippen LogP contribution in [-0.2, 0) is 35.4 Å². The fourth-order valence-electron chi connectivity index (χ4n) is 4.73. The number of nitrogens with two attached hydrogens (primary N) is 1. The number of anilines is 1. The van der Waals surface area contributed by atoms with Crippen molar-refractivity contribution in [3.63, 3.8) is 0 Å². The van der Waals surface area contributed by atoms with Crippen LogP contribution in [0.2, 0.25) is 0 Å². The van der Waals surface area contributed by atoms with Crippen molar-refractivity contribution in [1.82, 2.24) is 15.2 Å². The van der Waals surface area contributed by atoms with Gasteiger partial charge in [-0.3, -0.25) is 0 Å². The lowest BCUT2D eigenvalue weighted by atomic mass is 10.0. The summed E-state index contributed by atoms with van der Waals surface area (Å²) in [6, 6.07) is 10.5. The van der Waals surface area contributed by atoms with Crippen LogP contribution in [-0.4, -0.2) is 80.0 Å². The van der Waals surface area contributed by atoms with E-state index < -0.39 is 75.3 Å². The fraction of sp³-hybridized carbons (Fsp3) is 0.500. The molecule has 2 fully saturated rings. The second kappa shape index (κ2) is 13.4. The molecule has 0 spiro atoms. The highest BCUT2D eigenvalue weighted by atomic mass is 32.2. The number of fused-ring (bicyclic) bond motifs is 1. The highest BCUT2D eigenvalue weighted by molar-refractivity contribution is 7.89. The Labute approximate surface area is 249 Å². The molecule has 2 aliphatic rings. The van der Waals surface area contributed by atoms with Crippen molar-refractivity contribution >= 4 is 27.9 Å². The van der Waals surface area contributed by atoms with Crippen molar-refractivity contribution in [2.75, 3.05) is 25.5 Å². The highest BCUT2D eigenvalue weighted by Gasteiger charge is 2.44. The number of ether oxygens (including phenoxy) is 4. The van der Waals surface area contributed by atoms with E-state index in [2.05, 4.69) is 10.7 Å². The van der Waals surface area contributed by atoms with Gasteiger partial charge in [0.05, 0.1) is 48.4 Å². The number of aliphatic hydroxyl groups excluding tert-OH is 1. The van der Waals surface area contributed by atoms with Crippen LogP contribution in [0.4, 0.5) is 19.7 Å². The zero-order valence-electron chi connectivity index (χ0n) is 24.1. The number of nitrogens with zero attached hydrogens (tertiary/aromatic N) is 1. The zero-order chi connectivity index (χ0) is 31.4. The van der Waals surface area contributed by atoms with Gasteiger partial charge in [0.2, 0.25) is 0 Å². The second-order valence-corrected chi connectivity index (χ2v) is 13.2. The molecule has 0 aromatic heterocycles. The van der Waals surface area contributed by atoms with Crippen molar-refractivity contribution in [3.8, 4) is 0 Å². The molecular weight excluding hydrogens is 587 g/mol. The van der Waals surface area contributed by atoms with Crippen LogP contribution in [0.3, 0.4) is 0 Å². The van der Waals surface area contributed by atoms with Gasteiger partial charge in [0, 0.05) is 0 Å². The van der Waals surface area contributed by atoms with Gasteiger partial charge in [0.15, 0.2) is 6.29 Å². The number of aliphatic hydroxyl groups is 1. The molecule has 2 saturated heterocycles. The number of rotatable bonds is 10. The lowest BCUT2D eigenvalue weighted by Crippen LogP contribution is -2.55. The number of benzene rings is 2. The van der Waals surface area contributed by atoms with Gasteiger partial charge >= 0.3 is 12.2 Å². The topological polar surface area (TPSA) is 179 Å². The first-order chi connectivity index (χ1) is 20.2.